The molecule has 96 valence electrons. The van der Waals surface area contributed by atoms with E-state index in [-0.39, 0.29) is 11.8 Å². The Bertz CT molecular complexity index is 606. The molecule has 0 aliphatic carbocycles. The molecule has 0 bridgehead atoms. The normalized spacial score (nSPS) is 12.0. The second kappa shape index (κ2) is 4.12. The van der Waals surface area contributed by atoms with Crippen LogP contribution in [0.5, 0.6) is 0 Å². The Morgan fingerprint density at radius 2 is 2.06 bits per heavy atom. The van der Waals surface area contributed by atoms with Crippen molar-refractivity contribution in [2.45, 2.75) is 39.5 Å². The van der Waals surface area contributed by atoms with Gasteiger partial charge in [-0.3, -0.25) is 4.79 Å². The molecule has 0 radical (unpaired) electrons. The van der Waals surface area contributed by atoms with Crippen LogP contribution in [0.3, 0.4) is 0 Å². The molecule has 18 heavy (non-hydrogen) atoms. The van der Waals surface area contributed by atoms with E-state index in [1.54, 1.807) is 0 Å². The first-order valence-electron chi connectivity index (χ1n) is 6.00. The molecule has 0 saturated heterocycles. The van der Waals surface area contributed by atoms with Crippen molar-refractivity contribution in [2.24, 2.45) is 0 Å². The van der Waals surface area contributed by atoms with Gasteiger partial charge in [0.05, 0.1) is 17.8 Å². The molecular weight excluding hydrogens is 228 g/mol. The Kier molecular flexibility index (Phi) is 2.89. The number of carboxylic acids is 1. The summed E-state index contributed by atoms with van der Waals surface area (Å²) in [6, 6.07) is 5.81. The third-order valence-electron chi connectivity index (χ3n) is 2.96. The van der Waals surface area contributed by atoms with E-state index in [1.807, 2.05) is 29.5 Å². The van der Waals surface area contributed by atoms with Crippen LogP contribution in [0.15, 0.2) is 18.2 Å². The zero-order chi connectivity index (χ0) is 13.5. The molecule has 1 N–H and O–H groups in total. The highest BCUT2D eigenvalue weighted by Crippen LogP contribution is 2.27. The minimum atomic E-state index is -0.828. The maximum Gasteiger partial charge on any atom is 0.309 e. The molecule has 0 saturated carbocycles. The van der Waals surface area contributed by atoms with Crippen molar-refractivity contribution in [3.8, 4) is 0 Å². The molecule has 0 spiro atoms. The Morgan fingerprint density at radius 1 is 1.39 bits per heavy atom. The lowest BCUT2D eigenvalue weighted by Gasteiger charge is -2.17. The standard InChI is InChI=1S/C14H18N2O2/c1-9-6-5-7-11-15-13(14(2,3)4)10(16(9)11)8-12(17)18/h5-7H,8H2,1-4H3,(H,17,18). The number of carbonyl (C=O) groups is 1. The molecule has 2 heterocycles. The van der Waals surface area contributed by atoms with Gasteiger partial charge in [0, 0.05) is 11.1 Å². The second-order valence-corrected chi connectivity index (χ2v) is 5.59. The molecule has 0 amide bonds. The van der Waals surface area contributed by atoms with Crippen LogP contribution in [0.2, 0.25) is 0 Å². The first-order chi connectivity index (χ1) is 8.30. The zero-order valence-electron chi connectivity index (χ0n) is 11.2. The lowest BCUT2D eigenvalue weighted by atomic mass is 9.90. The number of carboxylic acid groups (broad SMARTS) is 1. The fraction of sp³-hybridized carbons (Fsp3) is 0.429. The smallest absolute Gasteiger partial charge is 0.309 e. The summed E-state index contributed by atoms with van der Waals surface area (Å²) in [5.74, 6) is -0.828. The van der Waals surface area contributed by atoms with Crippen LogP contribution in [0.4, 0.5) is 0 Å². The van der Waals surface area contributed by atoms with Crippen molar-refractivity contribution in [1.29, 1.82) is 0 Å². The van der Waals surface area contributed by atoms with Crippen LogP contribution in [-0.2, 0) is 16.6 Å². The highest BCUT2D eigenvalue weighted by atomic mass is 16.4. The monoisotopic (exact) mass is 246 g/mol. The number of pyridine rings is 1. The predicted octanol–water partition coefficient (Wildman–Crippen LogP) is 2.57. The van der Waals surface area contributed by atoms with Gasteiger partial charge in [0.15, 0.2) is 0 Å². The number of hydrogen-bond acceptors (Lipinski definition) is 2. The first-order valence-corrected chi connectivity index (χ1v) is 6.00. The van der Waals surface area contributed by atoms with Crippen LogP contribution < -0.4 is 0 Å². The Morgan fingerprint density at radius 3 is 2.61 bits per heavy atom. The van der Waals surface area contributed by atoms with E-state index in [0.29, 0.717) is 0 Å². The fourth-order valence-corrected chi connectivity index (χ4v) is 2.23. The average molecular weight is 246 g/mol. The minimum absolute atomic E-state index is 0.00137. The molecule has 0 fully saturated rings. The highest BCUT2D eigenvalue weighted by Gasteiger charge is 2.25. The van der Waals surface area contributed by atoms with Gasteiger partial charge in [0.25, 0.3) is 0 Å². The number of fused-ring (bicyclic) bond motifs is 1. The number of aliphatic carboxylic acids is 1. The minimum Gasteiger partial charge on any atom is -0.481 e. The number of imidazole rings is 1. The van der Waals surface area contributed by atoms with Crippen molar-refractivity contribution in [2.75, 3.05) is 0 Å². The van der Waals surface area contributed by atoms with Crippen molar-refractivity contribution < 1.29 is 9.90 Å². The lowest BCUT2D eigenvalue weighted by Crippen LogP contribution is -2.17. The number of aromatic nitrogens is 2. The van der Waals surface area contributed by atoms with E-state index in [9.17, 15) is 4.79 Å². The largest absolute Gasteiger partial charge is 0.481 e. The predicted molar refractivity (Wildman–Crippen MR) is 70.0 cm³/mol. The van der Waals surface area contributed by atoms with E-state index in [0.717, 1.165) is 22.7 Å². The van der Waals surface area contributed by atoms with E-state index in [1.165, 1.54) is 0 Å². The highest BCUT2D eigenvalue weighted by molar-refractivity contribution is 5.71. The Hall–Kier alpha value is -1.84. The van der Waals surface area contributed by atoms with E-state index in [4.69, 9.17) is 5.11 Å². The van der Waals surface area contributed by atoms with E-state index < -0.39 is 5.97 Å². The maximum absolute atomic E-state index is 11.1. The van der Waals surface area contributed by atoms with Gasteiger partial charge in [-0.25, -0.2) is 4.98 Å². The van der Waals surface area contributed by atoms with E-state index >= 15 is 0 Å². The second-order valence-electron chi connectivity index (χ2n) is 5.59. The van der Waals surface area contributed by atoms with Gasteiger partial charge in [-0.2, -0.15) is 0 Å². The summed E-state index contributed by atoms with van der Waals surface area (Å²) in [4.78, 5) is 15.7. The maximum atomic E-state index is 11.1. The molecule has 2 aromatic rings. The van der Waals surface area contributed by atoms with Gasteiger partial charge < -0.3 is 9.51 Å². The van der Waals surface area contributed by atoms with Crippen molar-refractivity contribution in [3.05, 3.63) is 35.3 Å². The molecule has 4 heteroatoms. The quantitative estimate of drug-likeness (QED) is 0.886. The SMILES string of the molecule is Cc1cccc2nc(C(C)(C)C)c(CC(=O)O)n12. The van der Waals surface area contributed by atoms with Gasteiger partial charge in [-0.1, -0.05) is 26.8 Å². The van der Waals surface area contributed by atoms with Crippen molar-refractivity contribution >= 4 is 11.6 Å². The summed E-state index contributed by atoms with van der Waals surface area (Å²) in [6.45, 7) is 8.12. The first kappa shape index (κ1) is 12.6. The fourth-order valence-electron chi connectivity index (χ4n) is 2.23. The van der Waals surface area contributed by atoms with Crippen LogP contribution in [0.25, 0.3) is 5.65 Å². The van der Waals surface area contributed by atoms with Gasteiger partial charge >= 0.3 is 5.97 Å². The van der Waals surface area contributed by atoms with Gasteiger partial charge in [0.1, 0.15) is 5.65 Å². The van der Waals surface area contributed by atoms with Crippen LogP contribution in [0.1, 0.15) is 37.9 Å². The van der Waals surface area contributed by atoms with Crippen LogP contribution in [0, 0.1) is 6.92 Å². The van der Waals surface area contributed by atoms with Crippen molar-refractivity contribution in [1.82, 2.24) is 9.38 Å². The summed E-state index contributed by atoms with van der Waals surface area (Å²) in [5, 5.41) is 9.08. The molecule has 0 aromatic carbocycles. The van der Waals surface area contributed by atoms with Gasteiger partial charge in [-0.15, -0.1) is 0 Å². The zero-order valence-corrected chi connectivity index (χ0v) is 11.2. The number of rotatable bonds is 2. The number of hydrogen-bond donors (Lipinski definition) is 1. The topological polar surface area (TPSA) is 54.6 Å². The molecule has 4 nitrogen and oxygen atoms in total. The molecule has 0 aliphatic rings. The summed E-state index contributed by atoms with van der Waals surface area (Å²) in [7, 11) is 0. The average Bonchev–Trinajstić information content (AvgIpc) is 2.57. The Labute approximate surface area is 106 Å². The summed E-state index contributed by atoms with van der Waals surface area (Å²) < 4.78 is 1.94. The molecule has 0 atom stereocenters. The third kappa shape index (κ3) is 2.10. The van der Waals surface area contributed by atoms with Crippen molar-refractivity contribution in [3.63, 3.8) is 0 Å². The molecule has 2 aromatic heterocycles. The number of aryl methyl sites for hydroxylation is 1. The summed E-state index contributed by atoms with van der Waals surface area (Å²) >= 11 is 0. The molecule has 0 aliphatic heterocycles. The summed E-state index contributed by atoms with van der Waals surface area (Å²) in [6.07, 6.45) is -0.00137. The van der Waals surface area contributed by atoms with Gasteiger partial charge in [0.2, 0.25) is 0 Å². The Balaban J connectivity index is 2.78. The van der Waals surface area contributed by atoms with Crippen LogP contribution >= 0.6 is 0 Å². The third-order valence-corrected chi connectivity index (χ3v) is 2.96. The number of nitrogens with zero attached hydrogens (tertiary/aromatic N) is 2. The molecule has 2 rings (SSSR count). The molecule has 0 unspecified atom stereocenters. The van der Waals surface area contributed by atoms with Crippen LogP contribution in [-0.4, -0.2) is 20.5 Å². The molecular formula is C14H18N2O2. The summed E-state index contributed by atoms with van der Waals surface area (Å²) in [5.41, 5.74) is 3.30. The van der Waals surface area contributed by atoms with E-state index in [2.05, 4.69) is 25.8 Å². The lowest BCUT2D eigenvalue weighted by molar-refractivity contribution is -0.136. The van der Waals surface area contributed by atoms with Gasteiger partial charge in [-0.05, 0) is 19.1 Å².